The first-order chi connectivity index (χ1) is 33.8. The number of hydrogen-bond donors (Lipinski definition) is 0. The summed E-state index contributed by atoms with van der Waals surface area (Å²) in [7, 11) is 0. The molecule has 68 heavy (non-hydrogen) atoms. The quantitative estimate of drug-likeness (QED) is 0.156. The van der Waals surface area contributed by atoms with Crippen LogP contribution in [0.1, 0.15) is 0 Å². The van der Waals surface area contributed by atoms with Gasteiger partial charge in [-0.15, -0.1) is 0 Å². The first-order valence-electron chi connectivity index (χ1n) is 23.1. The molecule has 14 rings (SSSR count). The van der Waals surface area contributed by atoms with Crippen LogP contribution in [-0.2, 0) is 0 Å². The lowest BCUT2D eigenvalue weighted by atomic mass is 9.89. The average molecular weight is 866 g/mol. The van der Waals surface area contributed by atoms with E-state index in [0.717, 1.165) is 66.2 Å². The van der Waals surface area contributed by atoms with E-state index in [2.05, 4.69) is 209 Å². The van der Waals surface area contributed by atoms with Crippen LogP contribution in [0.2, 0.25) is 0 Å². The normalized spacial score (nSPS) is 11.8. The zero-order chi connectivity index (χ0) is 44.7. The zero-order valence-corrected chi connectivity index (χ0v) is 36.8. The number of rotatable bonds is 6. The molecule has 0 spiro atoms. The Morgan fingerprint density at radius 2 is 0.662 bits per heavy atom. The van der Waals surface area contributed by atoms with Crippen LogP contribution in [-0.4, -0.2) is 24.1 Å². The van der Waals surface area contributed by atoms with Crippen LogP contribution in [0.25, 0.3) is 133 Å². The number of hydrogen-bond acceptors (Lipinski definition) is 3. The topological polar surface area (TPSA) is 48.5 Å². The first kappa shape index (κ1) is 38.1. The van der Waals surface area contributed by atoms with Gasteiger partial charge in [0.2, 0.25) is 5.95 Å². The molecule has 0 aliphatic carbocycles. The molecule has 316 valence electrons. The molecule has 11 aromatic carbocycles. The Morgan fingerprint density at radius 3 is 1.25 bits per heavy atom. The van der Waals surface area contributed by atoms with Gasteiger partial charge in [0.1, 0.15) is 0 Å². The molecule has 0 amide bonds. The smallest absolute Gasteiger partial charge is 0.238 e. The maximum atomic E-state index is 5.33. The van der Waals surface area contributed by atoms with Crippen LogP contribution in [0, 0.1) is 0 Å². The van der Waals surface area contributed by atoms with E-state index in [9.17, 15) is 0 Å². The van der Waals surface area contributed by atoms with Gasteiger partial charge in [0.15, 0.2) is 11.6 Å². The van der Waals surface area contributed by atoms with E-state index in [1.165, 1.54) is 48.8 Å². The van der Waals surface area contributed by atoms with Crippen molar-refractivity contribution in [3.63, 3.8) is 0 Å². The summed E-state index contributed by atoms with van der Waals surface area (Å²) in [6.45, 7) is 0. The van der Waals surface area contributed by atoms with Gasteiger partial charge in [-0.25, -0.2) is 4.98 Å². The van der Waals surface area contributed by atoms with Crippen LogP contribution in [0.5, 0.6) is 0 Å². The predicted molar refractivity (Wildman–Crippen MR) is 283 cm³/mol. The second-order valence-corrected chi connectivity index (χ2v) is 17.5. The Kier molecular flexibility index (Phi) is 8.52. The third kappa shape index (κ3) is 5.79. The molecular weight excluding hydrogens is 827 g/mol. The Balaban J connectivity index is 1.06. The Morgan fingerprint density at radius 1 is 0.250 bits per heavy atom. The summed E-state index contributed by atoms with van der Waals surface area (Å²) in [4.78, 5) is 15.8. The monoisotopic (exact) mass is 865 g/mol. The van der Waals surface area contributed by atoms with Crippen molar-refractivity contribution in [3.05, 3.63) is 237 Å². The summed E-state index contributed by atoms with van der Waals surface area (Å²) in [5.41, 5.74) is 11.8. The minimum absolute atomic E-state index is 0.559. The minimum atomic E-state index is 0.559. The van der Waals surface area contributed by atoms with Crippen LogP contribution in [0.4, 0.5) is 0 Å². The van der Waals surface area contributed by atoms with Crippen LogP contribution < -0.4 is 0 Å². The van der Waals surface area contributed by atoms with Crippen molar-refractivity contribution in [2.24, 2.45) is 0 Å². The zero-order valence-electron chi connectivity index (χ0n) is 36.8. The van der Waals surface area contributed by atoms with Gasteiger partial charge >= 0.3 is 0 Å². The SMILES string of the molecule is c1ccc(-c2nc(-c3ccccc3)nc(-n3c4ccccc4c4ccc5c6ccccc6n(-c6ccccc6-c6ccccc6-c6ccc7c8ccccc8c8ccccc8c7c6)c5c43)n2)cc1. The number of aromatic nitrogens is 5. The highest BCUT2D eigenvalue weighted by Gasteiger charge is 2.25. The molecule has 0 N–H and O–H groups in total. The highest BCUT2D eigenvalue weighted by molar-refractivity contribution is 6.26. The molecule has 0 aliphatic heterocycles. The molecule has 5 heteroatoms. The van der Waals surface area contributed by atoms with Crippen molar-refractivity contribution in [1.29, 1.82) is 0 Å². The van der Waals surface area contributed by atoms with Gasteiger partial charge in [-0.3, -0.25) is 4.57 Å². The molecule has 3 aromatic heterocycles. The fraction of sp³-hybridized carbons (Fsp3) is 0. The van der Waals surface area contributed by atoms with E-state index in [1.807, 2.05) is 36.4 Å². The van der Waals surface area contributed by atoms with E-state index in [1.54, 1.807) is 0 Å². The highest BCUT2D eigenvalue weighted by atomic mass is 15.2. The second-order valence-electron chi connectivity index (χ2n) is 17.5. The summed E-state index contributed by atoms with van der Waals surface area (Å²) < 4.78 is 4.74. The number of fused-ring (bicyclic) bond motifs is 13. The van der Waals surface area contributed by atoms with Crippen LogP contribution in [0.15, 0.2) is 237 Å². The lowest BCUT2D eigenvalue weighted by molar-refractivity contribution is 0.953. The first-order valence-corrected chi connectivity index (χ1v) is 23.1. The summed E-state index contributed by atoms with van der Waals surface area (Å²) in [6.07, 6.45) is 0. The van der Waals surface area contributed by atoms with E-state index >= 15 is 0 Å². The van der Waals surface area contributed by atoms with E-state index in [-0.39, 0.29) is 0 Å². The number of nitrogens with zero attached hydrogens (tertiary/aromatic N) is 5. The Labute approximate surface area is 391 Å². The molecule has 3 heterocycles. The molecule has 0 unspecified atom stereocenters. The van der Waals surface area contributed by atoms with Gasteiger partial charge in [0.05, 0.1) is 27.8 Å². The molecule has 14 aromatic rings. The van der Waals surface area contributed by atoms with Gasteiger partial charge in [-0.1, -0.05) is 212 Å². The van der Waals surface area contributed by atoms with Gasteiger partial charge in [0, 0.05) is 38.2 Å². The fourth-order valence-electron chi connectivity index (χ4n) is 10.8. The summed E-state index contributed by atoms with van der Waals surface area (Å²) in [6, 6.07) is 84.7. The highest BCUT2D eigenvalue weighted by Crippen LogP contribution is 2.45. The molecule has 0 bridgehead atoms. The molecule has 0 saturated heterocycles. The molecule has 0 radical (unpaired) electrons. The molecule has 0 aliphatic rings. The van der Waals surface area contributed by atoms with E-state index < -0.39 is 0 Å². The number of benzene rings is 11. The predicted octanol–water partition coefficient (Wildman–Crippen LogP) is 16.2. The van der Waals surface area contributed by atoms with Crippen LogP contribution in [0.3, 0.4) is 0 Å². The molecule has 0 fully saturated rings. The molecule has 0 saturated carbocycles. The van der Waals surface area contributed by atoms with Crippen molar-refractivity contribution in [1.82, 2.24) is 24.1 Å². The maximum Gasteiger partial charge on any atom is 0.238 e. The number of para-hydroxylation sites is 3. The maximum absolute atomic E-state index is 5.33. The largest absolute Gasteiger partial charge is 0.307 e. The van der Waals surface area contributed by atoms with Crippen molar-refractivity contribution >= 4 is 75.9 Å². The minimum Gasteiger partial charge on any atom is -0.307 e. The van der Waals surface area contributed by atoms with Gasteiger partial charge < -0.3 is 4.57 Å². The lowest BCUT2D eigenvalue weighted by Crippen LogP contribution is -2.07. The van der Waals surface area contributed by atoms with Crippen molar-refractivity contribution in [2.75, 3.05) is 0 Å². The third-order valence-electron chi connectivity index (χ3n) is 13.8. The van der Waals surface area contributed by atoms with Gasteiger partial charge in [-0.2, -0.15) is 9.97 Å². The molecule has 0 atom stereocenters. The molecular formula is C63H39N5. The van der Waals surface area contributed by atoms with E-state index in [4.69, 9.17) is 15.0 Å². The van der Waals surface area contributed by atoms with E-state index in [0.29, 0.717) is 17.6 Å². The summed E-state index contributed by atoms with van der Waals surface area (Å²) in [5, 5.41) is 12.2. The summed E-state index contributed by atoms with van der Waals surface area (Å²) in [5.74, 6) is 1.79. The van der Waals surface area contributed by atoms with Crippen molar-refractivity contribution in [3.8, 4) is 56.7 Å². The Hall–Kier alpha value is -9.19. The van der Waals surface area contributed by atoms with Gasteiger partial charge in [0.25, 0.3) is 0 Å². The second kappa shape index (κ2) is 15.2. The summed E-state index contributed by atoms with van der Waals surface area (Å²) >= 11 is 0. The average Bonchev–Trinajstić information content (AvgIpc) is 3.94. The standard InChI is InChI=1S/C63H39N5/c1-3-19-40(20-4-1)61-64-62(41-21-5-2-6-22-41)66-63(65-61)68-58-34-18-15-31-52(58)54-38-37-53-51-30-14-17-33-57(51)67(59(53)60(54)68)56-32-16-13-29-50(56)44-24-8-7-23-43(44)42-35-36-49-47-27-10-9-25-45(47)46-26-11-12-28-48(46)55(49)39-42/h1-39H. The van der Waals surface area contributed by atoms with Crippen molar-refractivity contribution in [2.45, 2.75) is 0 Å². The van der Waals surface area contributed by atoms with Crippen molar-refractivity contribution < 1.29 is 0 Å². The lowest BCUT2D eigenvalue weighted by Gasteiger charge is -2.18. The molecule has 5 nitrogen and oxygen atoms in total. The van der Waals surface area contributed by atoms with Crippen LogP contribution >= 0.6 is 0 Å². The fourth-order valence-corrected chi connectivity index (χ4v) is 10.8. The third-order valence-corrected chi connectivity index (χ3v) is 13.8. The Bertz CT molecular complexity index is 4230. The van der Waals surface area contributed by atoms with Gasteiger partial charge in [-0.05, 0) is 73.3 Å².